The fourth-order valence-corrected chi connectivity index (χ4v) is 13.4. The first-order chi connectivity index (χ1) is 42.2. The van der Waals surface area contributed by atoms with Gasteiger partial charge in [0.15, 0.2) is 23.3 Å². The Bertz CT molecular complexity index is 4040. The number of nitrogens with zero attached hydrogens (tertiary/aromatic N) is 17. The minimum Gasteiger partial charge on any atom is -0.506 e. The number of pyridine rings is 3. The topological polar surface area (TPSA) is 265 Å². The van der Waals surface area contributed by atoms with Gasteiger partial charge in [-0.2, -0.15) is 15.3 Å². The summed E-state index contributed by atoms with van der Waals surface area (Å²) >= 11 is 0. The number of aryl methyl sites for hydroxylation is 1. The molecular formula is C66H78FN19O3. The van der Waals surface area contributed by atoms with E-state index in [1.807, 2.05) is 42.5 Å². The van der Waals surface area contributed by atoms with Crippen molar-refractivity contribution in [3.63, 3.8) is 0 Å². The molecule has 12 heterocycles. The van der Waals surface area contributed by atoms with Crippen LogP contribution in [0.15, 0.2) is 116 Å². The van der Waals surface area contributed by atoms with Crippen LogP contribution in [0.3, 0.4) is 0 Å². The predicted molar refractivity (Wildman–Crippen MR) is 343 cm³/mol. The number of H-pyrrole nitrogens is 2. The number of fused-ring (bicyclic) bond motifs is 1. The molecule has 3 aliphatic rings. The van der Waals surface area contributed by atoms with Crippen LogP contribution in [-0.4, -0.2) is 154 Å². The van der Waals surface area contributed by atoms with Crippen LogP contribution in [0.5, 0.6) is 17.2 Å². The van der Waals surface area contributed by atoms with E-state index in [-0.39, 0.29) is 38.9 Å². The van der Waals surface area contributed by atoms with Crippen LogP contribution in [0.4, 0.5) is 21.8 Å². The van der Waals surface area contributed by atoms with Crippen molar-refractivity contribution in [2.75, 3.05) is 61.0 Å². The number of nitrogens with one attached hydrogen (secondary N) is 2. The van der Waals surface area contributed by atoms with E-state index in [0.717, 1.165) is 85.4 Å². The first kappa shape index (κ1) is 61.1. The van der Waals surface area contributed by atoms with Crippen molar-refractivity contribution in [3.05, 3.63) is 122 Å². The SMILES string of the molecule is CC1(C)CN(c2ccc(-c3ncc(-c4cn[nH]c4)cc3O)nn2)CC(C)(C)C1.C[C@@H]1CN(c2ccc(-c3ncc(-c4cn[nH]c4)cc3O)nn2)C[C@H](C)N1C.Cn1cc2cc(-c3cnc(-c4ccc(N5CC(C)(C)CC(C)(C)C5)nn4)c(O)c3)cc(F)c2n1. The molecule has 0 bridgehead atoms. The van der Waals surface area contributed by atoms with Gasteiger partial charge in [0, 0.05) is 129 Å². The van der Waals surface area contributed by atoms with Crippen LogP contribution in [0.1, 0.15) is 82.1 Å². The monoisotopic (exact) mass is 1200 g/mol. The van der Waals surface area contributed by atoms with Crippen LogP contribution < -0.4 is 14.7 Å². The van der Waals surface area contributed by atoms with Gasteiger partial charge in [-0.3, -0.25) is 19.8 Å². The minimum atomic E-state index is -0.415. The third-order valence-electron chi connectivity index (χ3n) is 16.7. The summed E-state index contributed by atoms with van der Waals surface area (Å²) in [5.74, 6) is 2.22. The lowest BCUT2D eigenvalue weighted by atomic mass is 9.71. The molecule has 10 aromatic rings. The Morgan fingerprint density at radius 1 is 0.472 bits per heavy atom. The molecule has 3 fully saturated rings. The van der Waals surface area contributed by atoms with Crippen molar-refractivity contribution in [2.24, 2.45) is 28.7 Å². The van der Waals surface area contributed by atoms with E-state index in [4.69, 9.17) is 0 Å². The van der Waals surface area contributed by atoms with Crippen LogP contribution in [0.25, 0.3) is 78.4 Å². The first-order valence-corrected chi connectivity index (χ1v) is 29.9. The maximum atomic E-state index is 14.5. The summed E-state index contributed by atoms with van der Waals surface area (Å²) in [7, 11) is 3.91. The van der Waals surface area contributed by atoms with E-state index >= 15 is 0 Å². The Labute approximate surface area is 517 Å². The molecule has 5 N–H and O–H groups in total. The van der Waals surface area contributed by atoms with Crippen molar-refractivity contribution < 1.29 is 19.7 Å². The molecule has 3 aliphatic heterocycles. The molecule has 0 saturated carbocycles. The van der Waals surface area contributed by atoms with Gasteiger partial charge in [-0.1, -0.05) is 55.4 Å². The van der Waals surface area contributed by atoms with Crippen LogP contribution in [0.2, 0.25) is 0 Å². The third-order valence-corrected chi connectivity index (χ3v) is 16.7. The fourth-order valence-electron chi connectivity index (χ4n) is 13.4. The normalized spacial score (nSPS) is 18.6. The molecule has 23 heteroatoms. The Kier molecular flexibility index (Phi) is 16.6. The Balaban J connectivity index is 0.000000139. The van der Waals surface area contributed by atoms with Crippen molar-refractivity contribution in [3.8, 4) is 84.8 Å². The summed E-state index contributed by atoms with van der Waals surface area (Å²) in [5, 5.41) is 75.9. The zero-order chi connectivity index (χ0) is 63.2. The number of rotatable bonds is 9. The van der Waals surface area contributed by atoms with Gasteiger partial charge in [0.25, 0.3) is 0 Å². The molecule has 13 rings (SSSR count). The number of aromatic nitrogens is 15. The number of piperazine rings is 1. The van der Waals surface area contributed by atoms with Crippen molar-refractivity contribution >= 4 is 28.4 Å². The second-order valence-electron chi connectivity index (χ2n) is 27.3. The summed E-state index contributed by atoms with van der Waals surface area (Å²) in [6.07, 6.45) is 16.0. The van der Waals surface area contributed by atoms with Gasteiger partial charge in [0.1, 0.15) is 56.9 Å². The maximum Gasteiger partial charge on any atom is 0.151 e. The average Bonchev–Trinajstić information content (AvgIpc) is 2.70. The van der Waals surface area contributed by atoms with E-state index in [1.165, 1.54) is 12.5 Å². The van der Waals surface area contributed by atoms with E-state index in [1.54, 1.807) is 79.5 Å². The first-order valence-electron chi connectivity index (χ1n) is 29.9. The molecule has 3 saturated heterocycles. The number of anilines is 3. The van der Waals surface area contributed by atoms with E-state index in [9.17, 15) is 19.7 Å². The average molecular weight is 1200 g/mol. The molecule has 462 valence electrons. The number of benzene rings is 1. The highest BCUT2D eigenvalue weighted by Gasteiger charge is 2.39. The van der Waals surface area contributed by atoms with Gasteiger partial charge in [0.2, 0.25) is 0 Å². The van der Waals surface area contributed by atoms with Gasteiger partial charge in [-0.05, 0) is 128 Å². The molecule has 1 aromatic carbocycles. The molecule has 22 nitrogen and oxygen atoms in total. The van der Waals surface area contributed by atoms with E-state index in [2.05, 4.69) is 167 Å². The molecule has 0 radical (unpaired) electrons. The van der Waals surface area contributed by atoms with Crippen molar-refractivity contribution in [2.45, 2.75) is 94.2 Å². The van der Waals surface area contributed by atoms with Gasteiger partial charge >= 0.3 is 0 Å². The Morgan fingerprint density at radius 2 is 0.854 bits per heavy atom. The molecule has 9 aromatic heterocycles. The van der Waals surface area contributed by atoms with Crippen LogP contribution >= 0.6 is 0 Å². The number of aromatic hydroxyl groups is 3. The Hall–Kier alpha value is -9.51. The molecule has 0 unspecified atom stereocenters. The van der Waals surface area contributed by atoms with E-state index in [0.29, 0.717) is 68.3 Å². The predicted octanol–water partition coefficient (Wildman–Crippen LogP) is 11.3. The summed E-state index contributed by atoms with van der Waals surface area (Å²) in [6, 6.07) is 20.4. The van der Waals surface area contributed by atoms with Crippen molar-refractivity contribution in [1.82, 2.24) is 80.6 Å². The van der Waals surface area contributed by atoms with Crippen LogP contribution in [-0.2, 0) is 7.05 Å². The molecule has 89 heavy (non-hydrogen) atoms. The number of hydrogen-bond acceptors (Lipinski definition) is 19. The zero-order valence-electron chi connectivity index (χ0n) is 52.6. The summed E-state index contributed by atoms with van der Waals surface area (Å²) < 4.78 is 16.1. The van der Waals surface area contributed by atoms with Gasteiger partial charge in [0.05, 0.1) is 12.4 Å². The summed E-state index contributed by atoms with van der Waals surface area (Å²) in [4.78, 5) is 22.4. The van der Waals surface area contributed by atoms with E-state index < -0.39 is 5.82 Å². The standard InChI is InChI=1S/C26H29FN6O.C21H26N6O.C19H23N7O/c1-25(2)13-26(3,4)15-33(14-25)22-7-6-20(29-30-22)24-21(34)10-17(11-28-24)16-8-18-12-32(5)31-23(18)19(27)9-16;1-20(2)11-21(3,4)13-27(12-20)18-6-5-16(25-26-18)19-17(28)7-14(8-22-19)15-9-23-24-10-15;1-12-10-26(11-13(2)25(12)3)18-5-4-16(23-24-18)19-17(27)6-14(7-20-19)15-8-21-22-9-15/h6-12,34H,13-15H2,1-5H3;5-10,28H,11-13H2,1-4H3,(H,23,24);4-9,12-13,27H,10-11H2,1-3H3,(H,21,22)/t;;12-,13+. The lowest BCUT2D eigenvalue weighted by Crippen LogP contribution is -2.55. The highest BCUT2D eigenvalue weighted by atomic mass is 19.1. The maximum absolute atomic E-state index is 14.5. The van der Waals surface area contributed by atoms with Gasteiger partial charge in [-0.25, -0.2) is 19.3 Å². The quantitative estimate of drug-likeness (QED) is 0.0899. The molecule has 0 amide bonds. The number of aromatic amines is 2. The minimum absolute atomic E-state index is 0.0357. The fraction of sp³-hybridized carbons (Fsp3) is 0.394. The number of hydrogen-bond donors (Lipinski definition) is 5. The summed E-state index contributed by atoms with van der Waals surface area (Å²) in [6.45, 7) is 28.3. The highest BCUT2D eigenvalue weighted by molar-refractivity contribution is 5.85. The molecule has 2 atom stereocenters. The zero-order valence-corrected chi connectivity index (χ0v) is 52.6. The highest BCUT2D eigenvalue weighted by Crippen LogP contribution is 2.43. The van der Waals surface area contributed by atoms with Gasteiger partial charge in [-0.15, -0.1) is 30.6 Å². The third kappa shape index (κ3) is 13.9. The number of halogens is 1. The second kappa shape index (κ2) is 24.2. The summed E-state index contributed by atoms with van der Waals surface area (Å²) in [5.41, 5.74) is 8.44. The Morgan fingerprint density at radius 3 is 1.20 bits per heavy atom. The largest absolute Gasteiger partial charge is 0.506 e. The van der Waals surface area contributed by atoms with Crippen molar-refractivity contribution in [1.29, 1.82) is 0 Å². The lowest BCUT2D eigenvalue weighted by molar-refractivity contribution is 0.158. The number of piperidine rings is 2. The molecular weight excluding hydrogens is 1130 g/mol. The second-order valence-corrected chi connectivity index (χ2v) is 27.3. The number of likely N-dealkylation sites (N-methyl/N-ethyl adjacent to an activating group) is 1. The molecule has 0 spiro atoms. The van der Waals surface area contributed by atoms with Gasteiger partial charge < -0.3 is 30.0 Å². The lowest BCUT2D eigenvalue weighted by Gasteiger charge is -2.47. The van der Waals surface area contributed by atoms with Crippen LogP contribution in [0, 0.1) is 27.5 Å². The molecule has 0 aliphatic carbocycles. The smallest absolute Gasteiger partial charge is 0.151 e.